The van der Waals surface area contributed by atoms with Gasteiger partial charge in [0.1, 0.15) is 10.7 Å². The summed E-state index contributed by atoms with van der Waals surface area (Å²) < 4.78 is 26.6. The molecule has 21 heavy (non-hydrogen) atoms. The molecular weight excluding hydrogens is 290 g/mol. The zero-order chi connectivity index (χ0) is 15.8. The summed E-state index contributed by atoms with van der Waals surface area (Å²) in [7, 11) is -2.27. The van der Waals surface area contributed by atoms with Crippen LogP contribution in [0.4, 0.5) is 5.69 Å². The summed E-state index contributed by atoms with van der Waals surface area (Å²) >= 11 is 0. The van der Waals surface area contributed by atoms with Crippen molar-refractivity contribution in [2.24, 2.45) is 5.73 Å². The molecule has 2 rings (SSSR count). The first-order valence-corrected chi connectivity index (χ1v) is 7.64. The third-order valence-electron chi connectivity index (χ3n) is 3.20. The zero-order valence-corrected chi connectivity index (χ0v) is 12.8. The summed E-state index contributed by atoms with van der Waals surface area (Å²) in [4.78, 5) is 0.165. The van der Waals surface area contributed by atoms with Gasteiger partial charge in [0.2, 0.25) is 0 Å². The second-order valence-electron chi connectivity index (χ2n) is 4.70. The molecule has 0 fully saturated rings. The number of nitrogens with two attached hydrogens (primary N) is 1. The number of benzene rings is 1. The number of hydrogen-bond acceptors (Lipinski definition) is 4. The van der Waals surface area contributed by atoms with E-state index in [0.29, 0.717) is 22.6 Å². The van der Waals surface area contributed by atoms with Gasteiger partial charge in [-0.05, 0) is 26.0 Å². The molecule has 2 aromatic rings. The van der Waals surface area contributed by atoms with Crippen LogP contribution in [0.25, 0.3) is 0 Å². The minimum absolute atomic E-state index is 0.113. The highest BCUT2D eigenvalue weighted by Crippen LogP contribution is 2.25. The van der Waals surface area contributed by atoms with Crippen LogP contribution in [-0.4, -0.2) is 31.5 Å². The van der Waals surface area contributed by atoms with Crippen molar-refractivity contribution in [3.8, 4) is 0 Å². The molecule has 0 spiro atoms. The lowest BCUT2D eigenvalue weighted by Crippen LogP contribution is -2.27. The van der Waals surface area contributed by atoms with Gasteiger partial charge in [-0.25, -0.2) is 8.42 Å². The Hall–Kier alpha value is -2.35. The molecule has 0 saturated carbocycles. The first-order valence-electron chi connectivity index (χ1n) is 6.20. The van der Waals surface area contributed by atoms with Gasteiger partial charge in [0.25, 0.3) is 10.0 Å². The Morgan fingerprint density at radius 3 is 2.57 bits per heavy atom. The van der Waals surface area contributed by atoms with Gasteiger partial charge in [-0.1, -0.05) is 12.1 Å². The highest BCUT2D eigenvalue weighted by Gasteiger charge is 2.27. The van der Waals surface area contributed by atoms with E-state index in [1.165, 1.54) is 7.05 Å². The molecule has 1 heterocycles. The summed E-state index contributed by atoms with van der Waals surface area (Å²) in [6.07, 6.45) is 0. The second kappa shape index (κ2) is 5.21. The monoisotopic (exact) mass is 307 g/mol. The van der Waals surface area contributed by atoms with Crippen LogP contribution in [0.3, 0.4) is 0 Å². The lowest BCUT2D eigenvalue weighted by Gasteiger charge is -2.20. The van der Waals surface area contributed by atoms with E-state index < -0.39 is 10.0 Å². The fraction of sp³-hybridized carbons (Fsp3) is 0.231. The van der Waals surface area contributed by atoms with Gasteiger partial charge < -0.3 is 5.73 Å². The summed E-state index contributed by atoms with van der Waals surface area (Å²) in [6.45, 7) is 3.29. The van der Waals surface area contributed by atoms with Gasteiger partial charge in [-0.2, -0.15) is 5.10 Å². The number of amidine groups is 1. The SMILES string of the molecule is Cc1n[nH]c(C)c1S(=O)(=O)N(C)c1cccc(C(=N)N)c1. The van der Waals surface area contributed by atoms with E-state index in [1.54, 1.807) is 38.1 Å². The Morgan fingerprint density at radius 2 is 2.05 bits per heavy atom. The third kappa shape index (κ3) is 2.62. The molecule has 0 unspecified atom stereocenters. The maximum atomic E-state index is 12.7. The normalized spacial score (nSPS) is 11.4. The Morgan fingerprint density at radius 1 is 1.38 bits per heavy atom. The predicted molar refractivity (Wildman–Crippen MR) is 81.1 cm³/mol. The molecular formula is C13H17N5O2S. The lowest BCUT2D eigenvalue weighted by atomic mass is 10.2. The number of anilines is 1. The maximum absolute atomic E-state index is 12.7. The van der Waals surface area contributed by atoms with E-state index in [4.69, 9.17) is 11.1 Å². The number of sulfonamides is 1. The average molecular weight is 307 g/mol. The van der Waals surface area contributed by atoms with Crippen molar-refractivity contribution >= 4 is 21.5 Å². The number of nitrogen functional groups attached to an aromatic ring is 1. The zero-order valence-electron chi connectivity index (χ0n) is 12.0. The highest BCUT2D eigenvalue weighted by atomic mass is 32.2. The second-order valence-corrected chi connectivity index (χ2v) is 6.61. The largest absolute Gasteiger partial charge is 0.384 e. The van der Waals surface area contributed by atoms with Crippen LogP contribution in [0.2, 0.25) is 0 Å². The van der Waals surface area contributed by atoms with Crippen LogP contribution < -0.4 is 10.0 Å². The Kier molecular flexibility index (Phi) is 3.73. The first kappa shape index (κ1) is 15.0. The van der Waals surface area contributed by atoms with E-state index in [2.05, 4.69) is 10.2 Å². The molecule has 1 aromatic carbocycles. The van der Waals surface area contributed by atoms with E-state index in [9.17, 15) is 8.42 Å². The first-order chi connectivity index (χ1) is 9.75. The number of aryl methyl sites for hydroxylation is 2. The van der Waals surface area contributed by atoms with Gasteiger partial charge in [-0.3, -0.25) is 14.8 Å². The van der Waals surface area contributed by atoms with Crippen molar-refractivity contribution in [3.05, 3.63) is 41.2 Å². The maximum Gasteiger partial charge on any atom is 0.267 e. The minimum atomic E-state index is -3.72. The summed E-state index contributed by atoms with van der Waals surface area (Å²) in [6, 6.07) is 6.52. The number of aromatic nitrogens is 2. The molecule has 112 valence electrons. The summed E-state index contributed by atoms with van der Waals surface area (Å²) in [5, 5.41) is 14.0. The predicted octanol–water partition coefficient (Wildman–Crippen LogP) is 1.14. The summed E-state index contributed by atoms with van der Waals surface area (Å²) in [5.41, 5.74) is 7.24. The quantitative estimate of drug-likeness (QED) is 0.580. The van der Waals surface area contributed by atoms with E-state index >= 15 is 0 Å². The van der Waals surface area contributed by atoms with Gasteiger partial charge in [0.15, 0.2) is 0 Å². The molecule has 0 saturated heterocycles. The number of nitrogens with one attached hydrogen (secondary N) is 2. The van der Waals surface area contributed by atoms with Crippen LogP contribution >= 0.6 is 0 Å². The van der Waals surface area contributed by atoms with Crippen LogP contribution in [0.15, 0.2) is 29.2 Å². The molecule has 0 aliphatic rings. The van der Waals surface area contributed by atoms with Gasteiger partial charge in [-0.15, -0.1) is 0 Å². The molecule has 8 heteroatoms. The van der Waals surface area contributed by atoms with Gasteiger partial charge >= 0.3 is 0 Å². The van der Waals surface area contributed by atoms with Crippen molar-refractivity contribution in [1.82, 2.24) is 10.2 Å². The topological polar surface area (TPSA) is 116 Å². The van der Waals surface area contributed by atoms with E-state index in [0.717, 1.165) is 4.31 Å². The van der Waals surface area contributed by atoms with Crippen molar-refractivity contribution in [2.75, 3.05) is 11.4 Å². The Bertz CT molecular complexity index is 775. The molecule has 0 aliphatic carbocycles. The lowest BCUT2D eigenvalue weighted by molar-refractivity contribution is 0.593. The van der Waals surface area contributed by atoms with Crippen molar-refractivity contribution in [3.63, 3.8) is 0 Å². The van der Waals surface area contributed by atoms with E-state index in [-0.39, 0.29) is 10.7 Å². The van der Waals surface area contributed by atoms with Crippen molar-refractivity contribution in [1.29, 1.82) is 5.41 Å². The minimum Gasteiger partial charge on any atom is -0.384 e. The fourth-order valence-electron chi connectivity index (χ4n) is 2.07. The standard InChI is InChI=1S/C13H17N5O2S/c1-8-12(9(2)17-16-8)21(19,20)18(3)11-6-4-5-10(7-11)13(14)15/h4-7H,1-3H3,(H3,14,15)(H,16,17). The Labute approximate surface area is 123 Å². The average Bonchev–Trinajstić information content (AvgIpc) is 2.77. The van der Waals surface area contributed by atoms with E-state index in [1.807, 2.05) is 0 Å². The fourth-order valence-corrected chi connectivity index (χ4v) is 3.58. The highest BCUT2D eigenvalue weighted by molar-refractivity contribution is 7.92. The smallest absolute Gasteiger partial charge is 0.267 e. The van der Waals surface area contributed by atoms with Gasteiger partial charge in [0, 0.05) is 12.6 Å². The molecule has 1 aromatic heterocycles. The number of rotatable bonds is 4. The molecule has 0 atom stereocenters. The van der Waals surface area contributed by atoms with Crippen molar-refractivity contribution < 1.29 is 8.42 Å². The van der Waals surface area contributed by atoms with Crippen LogP contribution in [0.5, 0.6) is 0 Å². The third-order valence-corrected chi connectivity index (χ3v) is 5.25. The number of hydrogen-bond donors (Lipinski definition) is 3. The molecule has 0 aliphatic heterocycles. The Balaban J connectivity index is 2.51. The molecule has 7 nitrogen and oxygen atoms in total. The number of nitrogens with zero attached hydrogens (tertiary/aromatic N) is 2. The number of aromatic amines is 1. The molecule has 0 bridgehead atoms. The van der Waals surface area contributed by atoms with Crippen molar-refractivity contribution in [2.45, 2.75) is 18.7 Å². The number of H-pyrrole nitrogens is 1. The van der Waals surface area contributed by atoms with Gasteiger partial charge in [0.05, 0.1) is 17.1 Å². The van der Waals surface area contributed by atoms with Crippen LogP contribution in [0, 0.1) is 19.3 Å². The summed E-state index contributed by atoms with van der Waals surface area (Å²) in [5.74, 6) is -0.113. The molecule has 0 radical (unpaired) electrons. The molecule has 0 amide bonds. The van der Waals surface area contributed by atoms with Crippen LogP contribution in [0.1, 0.15) is 17.0 Å². The van der Waals surface area contributed by atoms with Crippen LogP contribution in [-0.2, 0) is 10.0 Å². The molecule has 4 N–H and O–H groups in total.